The van der Waals surface area contributed by atoms with Crippen molar-refractivity contribution in [3.05, 3.63) is 24.3 Å². The number of amides is 1. The van der Waals surface area contributed by atoms with Crippen LogP contribution in [0.25, 0.3) is 0 Å². The molecule has 100 valence electrons. The molecule has 3 N–H and O–H groups in total. The molecule has 0 saturated heterocycles. The number of para-hydroxylation sites is 2. The van der Waals surface area contributed by atoms with E-state index >= 15 is 0 Å². The summed E-state index contributed by atoms with van der Waals surface area (Å²) in [5.41, 5.74) is 6.26. The minimum Gasteiger partial charge on any atom is -0.489 e. The van der Waals surface area contributed by atoms with Gasteiger partial charge in [0, 0.05) is 6.54 Å². The zero-order valence-corrected chi connectivity index (χ0v) is 11.3. The fourth-order valence-corrected chi connectivity index (χ4v) is 1.62. The first-order valence-corrected chi connectivity index (χ1v) is 6.35. The number of hydrogen-bond donors (Lipinski definition) is 2. The molecule has 1 aromatic carbocycles. The van der Waals surface area contributed by atoms with Crippen molar-refractivity contribution in [3.8, 4) is 5.75 Å². The summed E-state index contributed by atoms with van der Waals surface area (Å²) in [5, 5.41) is 2.87. The molecule has 18 heavy (non-hydrogen) atoms. The summed E-state index contributed by atoms with van der Waals surface area (Å²) < 4.78 is 5.65. The monoisotopic (exact) mass is 250 g/mol. The molecule has 0 spiro atoms. The van der Waals surface area contributed by atoms with E-state index in [0.29, 0.717) is 18.0 Å². The van der Waals surface area contributed by atoms with Crippen molar-refractivity contribution in [1.82, 2.24) is 0 Å². The average Bonchev–Trinajstić information content (AvgIpc) is 2.32. The lowest BCUT2D eigenvalue weighted by Crippen LogP contribution is -2.28. The second-order valence-electron chi connectivity index (χ2n) is 4.49. The van der Waals surface area contributed by atoms with Crippen LogP contribution in [0.4, 0.5) is 5.69 Å². The van der Waals surface area contributed by atoms with E-state index in [4.69, 9.17) is 10.5 Å². The summed E-state index contributed by atoms with van der Waals surface area (Å²) >= 11 is 0. The van der Waals surface area contributed by atoms with E-state index in [2.05, 4.69) is 5.32 Å². The number of nitrogens with two attached hydrogens (primary N) is 1. The molecule has 4 heteroatoms. The molecule has 1 amide bonds. The van der Waals surface area contributed by atoms with Crippen LogP contribution in [-0.2, 0) is 4.79 Å². The van der Waals surface area contributed by atoms with Crippen molar-refractivity contribution in [1.29, 1.82) is 0 Å². The van der Waals surface area contributed by atoms with Crippen LogP contribution in [0.5, 0.6) is 5.75 Å². The average molecular weight is 250 g/mol. The maximum absolute atomic E-state index is 12.0. The maximum atomic E-state index is 12.0. The fraction of sp³-hybridized carbons (Fsp3) is 0.500. The topological polar surface area (TPSA) is 64.4 Å². The molecular weight excluding hydrogens is 228 g/mol. The Kier molecular flexibility index (Phi) is 5.65. The molecule has 1 atom stereocenters. The highest BCUT2D eigenvalue weighted by Gasteiger charge is 2.16. The SMILES string of the molecule is CCC(CN)C(=O)Nc1ccccc1OC(C)C. The minimum absolute atomic E-state index is 0.0557. The highest BCUT2D eigenvalue weighted by atomic mass is 16.5. The first-order valence-electron chi connectivity index (χ1n) is 6.35. The van der Waals surface area contributed by atoms with Crippen LogP contribution < -0.4 is 15.8 Å². The Morgan fingerprint density at radius 1 is 1.39 bits per heavy atom. The first-order chi connectivity index (χ1) is 8.58. The zero-order chi connectivity index (χ0) is 13.5. The first kappa shape index (κ1) is 14.5. The standard InChI is InChI=1S/C14H22N2O2/c1-4-11(9-15)14(17)16-12-7-5-6-8-13(12)18-10(2)3/h5-8,10-11H,4,9,15H2,1-3H3,(H,16,17). The van der Waals surface area contributed by atoms with E-state index in [1.54, 1.807) is 0 Å². The Bertz CT molecular complexity index is 387. The molecule has 0 fully saturated rings. The molecule has 0 aromatic heterocycles. The van der Waals surface area contributed by atoms with Crippen molar-refractivity contribution < 1.29 is 9.53 Å². The summed E-state index contributed by atoms with van der Waals surface area (Å²) in [6, 6.07) is 7.43. The summed E-state index contributed by atoms with van der Waals surface area (Å²) in [4.78, 5) is 12.0. The van der Waals surface area contributed by atoms with Gasteiger partial charge in [0.2, 0.25) is 5.91 Å². The van der Waals surface area contributed by atoms with Crippen LogP contribution in [0.15, 0.2) is 24.3 Å². The third kappa shape index (κ3) is 4.04. The minimum atomic E-state index is -0.155. The van der Waals surface area contributed by atoms with Crippen LogP contribution in [0.2, 0.25) is 0 Å². The van der Waals surface area contributed by atoms with Gasteiger partial charge in [0.05, 0.1) is 17.7 Å². The highest BCUT2D eigenvalue weighted by molar-refractivity contribution is 5.94. The van der Waals surface area contributed by atoms with Crippen LogP contribution in [0.3, 0.4) is 0 Å². The summed E-state index contributed by atoms with van der Waals surface area (Å²) in [5.74, 6) is 0.477. The van der Waals surface area contributed by atoms with E-state index in [0.717, 1.165) is 6.42 Å². The molecule has 4 nitrogen and oxygen atoms in total. The molecule has 0 heterocycles. The fourth-order valence-electron chi connectivity index (χ4n) is 1.62. The van der Waals surface area contributed by atoms with Gasteiger partial charge in [0.1, 0.15) is 5.75 Å². The lowest BCUT2D eigenvalue weighted by molar-refractivity contribution is -0.119. The van der Waals surface area contributed by atoms with Gasteiger partial charge in [-0.1, -0.05) is 19.1 Å². The van der Waals surface area contributed by atoms with Crippen molar-refractivity contribution in [3.63, 3.8) is 0 Å². The molecule has 0 aliphatic rings. The van der Waals surface area contributed by atoms with E-state index in [-0.39, 0.29) is 17.9 Å². The smallest absolute Gasteiger partial charge is 0.228 e. The number of benzene rings is 1. The van der Waals surface area contributed by atoms with Crippen molar-refractivity contribution >= 4 is 11.6 Å². The summed E-state index contributed by atoms with van der Waals surface area (Å²) in [7, 11) is 0. The third-order valence-corrected chi connectivity index (χ3v) is 2.66. The number of nitrogens with one attached hydrogen (secondary N) is 1. The van der Waals surface area contributed by atoms with Gasteiger partial charge in [-0.25, -0.2) is 0 Å². The number of carbonyl (C=O) groups is 1. The van der Waals surface area contributed by atoms with Gasteiger partial charge in [0.25, 0.3) is 0 Å². The quantitative estimate of drug-likeness (QED) is 0.814. The maximum Gasteiger partial charge on any atom is 0.228 e. The Labute approximate surface area is 109 Å². The Balaban J connectivity index is 2.80. The summed E-state index contributed by atoms with van der Waals surface area (Å²) in [6.45, 7) is 6.21. The molecule has 0 aliphatic heterocycles. The van der Waals surface area contributed by atoms with Gasteiger partial charge in [-0.3, -0.25) is 4.79 Å². The molecule has 0 aliphatic carbocycles. The normalized spacial score (nSPS) is 12.3. The van der Waals surface area contributed by atoms with E-state index in [1.807, 2.05) is 45.0 Å². The Morgan fingerprint density at radius 3 is 2.61 bits per heavy atom. The molecular formula is C14H22N2O2. The van der Waals surface area contributed by atoms with Crippen LogP contribution in [0, 0.1) is 5.92 Å². The molecule has 1 rings (SSSR count). The molecule has 0 bridgehead atoms. The van der Waals surface area contributed by atoms with Gasteiger partial charge in [0.15, 0.2) is 0 Å². The molecule has 1 aromatic rings. The van der Waals surface area contributed by atoms with Crippen LogP contribution in [0.1, 0.15) is 27.2 Å². The number of ether oxygens (including phenoxy) is 1. The van der Waals surface area contributed by atoms with Gasteiger partial charge >= 0.3 is 0 Å². The third-order valence-electron chi connectivity index (χ3n) is 2.66. The number of carbonyl (C=O) groups excluding carboxylic acids is 1. The lowest BCUT2D eigenvalue weighted by atomic mass is 10.1. The number of hydrogen-bond acceptors (Lipinski definition) is 3. The molecule has 0 saturated carbocycles. The van der Waals surface area contributed by atoms with Crippen molar-refractivity contribution in [2.75, 3.05) is 11.9 Å². The van der Waals surface area contributed by atoms with E-state index in [9.17, 15) is 4.79 Å². The highest BCUT2D eigenvalue weighted by Crippen LogP contribution is 2.25. The van der Waals surface area contributed by atoms with Gasteiger partial charge < -0.3 is 15.8 Å². The molecule has 1 unspecified atom stereocenters. The Morgan fingerprint density at radius 2 is 2.06 bits per heavy atom. The van der Waals surface area contributed by atoms with Crippen LogP contribution in [-0.4, -0.2) is 18.6 Å². The van der Waals surface area contributed by atoms with E-state index < -0.39 is 0 Å². The van der Waals surface area contributed by atoms with Gasteiger partial charge in [-0.15, -0.1) is 0 Å². The zero-order valence-electron chi connectivity index (χ0n) is 11.3. The van der Waals surface area contributed by atoms with Gasteiger partial charge in [-0.2, -0.15) is 0 Å². The Hall–Kier alpha value is -1.55. The predicted octanol–water partition coefficient (Wildman–Crippen LogP) is 2.40. The van der Waals surface area contributed by atoms with Crippen LogP contribution >= 0.6 is 0 Å². The lowest BCUT2D eigenvalue weighted by Gasteiger charge is -2.17. The second-order valence-corrected chi connectivity index (χ2v) is 4.49. The predicted molar refractivity (Wildman–Crippen MR) is 73.7 cm³/mol. The van der Waals surface area contributed by atoms with E-state index in [1.165, 1.54) is 0 Å². The summed E-state index contributed by atoms with van der Waals surface area (Å²) in [6.07, 6.45) is 0.801. The largest absolute Gasteiger partial charge is 0.489 e. The van der Waals surface area contributed by atoms with Crippen molar-refractivity contribution in [2.45, 2.75) is 33.3 Å². The number of anilines is 1. The van der Waals surface area contributed by atoms with Gasteiger partial charge in [-0.05, 0) is 32.4 Å². The molecule has 0 radical (unpaired) electrons. The number of rotatable bonds is 6. The van der Waals surface area contributed by atoms with Crippen molar-refractivity contribution in [2.24, 2.45) is 11.7 Å². The second kappa shape index (κ2) is 7.01.